The predicted molar refractivity (Wildman–Crippen MR) is 101 cm³/mol. The molecule has 0 spiro atoms. The van der Waals surface area contributed by atoms with Gasteiger partial charge in [0, 0.05) is 11.3 Å². The number of nitrogens with zero attached hydrogens (tertiary/aromatic N) is 1. The second-order valence-corrected chi connectivity index (χ2v) is 11.6. The fourth-order valence-electron chi connectivity index (χ4n) is 2.36. The Bertz CT molecular complexity index is 958. The van der Waals surface area contributed by atoms with E-state index in [1.807, 2.05) is 31.2 Å². The Morgan fingerprint density at radius 1 is 1.12 bits per heavy atom. The average Bonchev–Trinajstić information content (AvgIpc) is 2.99. The highest BCUT2D eigenvalue weighted by Crippen LogP contribution is 2.27. The van der Waals surface area contributed by atoms with E-state index in [0.717, 1.165) is 16.8 Å². The van der Waals surface area contributed by atoms with Gasteiger partial charge in [0.1, 0.15) is 13.6 Å². The highest BCUT2D eigenvalue weighted by molar-refractivity contribution is 6.83. The van der Waals surface area contributed by atoms with Gasteiger partial charge in [-0.1, -0.05) is 25.6 Å². The Morgan fingerprint density at radius 3 is 2.58 bits per heavy atom. The zero-order chi connectivity index (χ0) is 17.3. The molecule has 0 aliphatic heterocycles. The number of benzene rings is 2. The molecule has 2 N–H and O–H groups in total. The fraction of sp³-hybridized carbons (Fsp3) is 0.211. The number of anilines is 2. The van der Waals surface area contributed by atoms with Crippen LogP contribution in [0.15, 0.2) is 36.7 Å². The number of aromatic amines is 1. The smallest absolute Gasteiger partial charge is 0.174 e. The van der Waals surface area contributed by atoms with Crippen LogP contribution in [0.5, 0.6) is 0 Å². The number of H-pyrrole nitrogens is 1. The summed E-state index contributed by atoms with van der Waals surface area (Å²) in [6.45, 7) is 8.65. The second kappa shape index (κ2) is 6.14. The van der Waals surface area contributed by atoms with Gasteiger partial charge in [-0.15, -0.1) is 5.54 Å². The number of rotatable bonds is 2. The molecule has 0 saturated heterocycles. The largest absolute Gasteiger partial charge is 0.353 e. The van der Waals surface area contributed by atoms with Crippen LogP contribution < -0.4 is 5.32 Å². The lowest BCUT2D eigenvalue weighted by atomic mass is 10.1. The number of fused-ring (bicyclic) bond motifs is 1. The third-order valence-corrected chi connectivity index (χ3v) is 4.48. The number of imidazole rings is 1. The third-order valence-electron chi connectivity index (χ3n) is 3.61. The van der Waals surface area contributed by atoms with Crippen LogP contribution in [0.2, 0.25) is 19.6 Å². The first-order chi connectivity index (χ1) is 11.3. The molecular weight excluding hydrogens is 317 g/mol. The number of aryl methyl sites for hydroxylation is 1. The monoisotopic (exact) mass is 337 g/mol. The van der Waals surface area contributed by atoms with Crippen molar-refractivity contribution in [1.82, 2.24) is 9.97 Å². The van der Waals surface area contributed by atoms with Crippen molar-refractivity contribution in [3.63, 3.8) is 0 Å². The van der Waals surface area contributed by atoms with Gasteiger partial charge in [0.25, 0.3) is 0 Å². The zero-order valence-corrected chi connectivity index (χ0v) is 15.3. The summed E-state index contributed by atoms with van der Waals surface area (Å²) in [7, 11) is -1.40. The fourth-order valence-corrected chi connectivity index (χ4v) is 2.88. The Balaban J connectivity index is 1.89. The predicted octanol–water partition coefficient (Wildman–Crippen LogP) is 4.98. The van der Waals surface area contributed by atoms with Crippen LogP contribution in [-0.4, -0.2) is 18.0 Å². The molecule has 0 atom stereocenters. The molecule has 0 radical (unpaired) electrons. The molecule has 0 saturated carbocycles. The van der Waals surface area contributed by atoms with Crippen molar-refractivity contribution in [1.29, 1.82) is 0 Å². The molecule has 24 heavy (non-hydrogen) atoms. The summed E-state index contributed by atoms with van der Waals surface area (Å²) in [4.78, 5) is 6.93. The molecule has 122 valence electrons. The van der Waals surface area contributed by atoms with E-state index >= 15 is 0 Å². The summed E-state index contributed by atoms with van der Waals surface area (Å²) in [5, 5.41) is 3.15. The molecule has 0 amide bonds. The van der Waals surface area contributed by atoms with Crippen molar-refractivity contribution in [2.75, 3.05) is 5.32 Å². The number of hydrogen-bond acceptors (Lipinski definition) is 2. The summed E-state index contributed by atoms with van der Waals surface area (Å²) in [5.74, 6) is 2.89. The van der Waals surface area contributed by atoms with Crippen molar-refractivity contribution >= 4 is 30.5 Å². The maximum Gasteiger partial charge on any atom is 0.174 e. The van der Waals surface area contributed by atoms with E-state index < -0.39 is 8.07 Å². The maximum absolute atomic E-state index is 14.5. The first-order valence-electron chi connectivity index (χ1n) is 7.86. The molecule has 0 aliphatic carbocycles. The van der Waals surface area contributed by atoms with Gasteiger partial charge in [-0.3, -0.25) is 0 Å². The molecule has 3 nitrogen and oxygen atoms in total. The molecule has 0 unspecified atom stereocenters. The van der Waals surface area contributed by atoms with Gasteiger partial charge in [0.15, 0.2) is 5.82 Å². The minimum atomic E-state index is -1.40. The summed E-state index contributed by atoms with van der Waals surface area (Å²) in [6.07, 6.45) is 1.49. The van der Waals surface area contributed by atoms with Gasteiger partial charge in [0.2, 0.25) is 0 Å². The molecule has 0 bridgehead atoms. The highest BCUT2D eigenvalue weighted by atomic mass is 28.3. The summed E-state index contributed by atoms with van der Waals surface area (Å²) >= 11 is 0. The van der Waals surface area contributed by atoms with E-state index in [1.165, 1.54) is 6.33 Å². The SMILES string of the molecule is Cc1cc(C#C[Si](C)(C)C)ccc1Nc1ccc2[nH]cnc2c1F. The van der Waals surface area contributed by atoms with Crippen molar-refractivity contribution in [3.8, 4) is 11.5 Å². The first-order valence-corrected chi connectivity index (χ1v) is 11.4. The van der Waals surface area contributed by atoms with Crippen molar-refractivity contribution in [3.05, 3.63) is 53.6 Å². The average molecular weight is 337 g/mol. The zero-order valence-electron chi connectivity index (χ0n) is 14.3. The quantitative estimate of drug-likeness (QED) is 0.511. The molecule has 1 heterocycles. The lowest BCUT2D eigenvalue weighted by molar-refractivity contribution is 0.641. The molecule has 1 aromatic heterocycles. The van der Waals surface area contributed by atoms with E-state index in [0.29, 0.717) is 16.7 Å². The van der Waals surface area contributed by atoms with Crippen LogP contribution in [-0.2, 0) is 0 Å². The van der Waals surface area contributed by atoms with Crippen LogP contribution in [0, 0.1) is 24.2 Å². The summed E-state index contributed by atoms with van der Waals surface area (Å²) in [6, 6.07) is 9.47. The van der Waals surface area contributed by atoms with Crippen molar-refractivity contribution in [2.45, 2.75) is 26.6 Å². The number of halogens is 1. The van der Waals surface area contributed by atoms with Gasteiger partial charge < -0.3 is 10.3 Å². The maximum atomic E-state index is 14.5. The molecule has 2 aromatic carbocycles. The second-order valence-electron chi connectivity index (χ2n) is 6.88. The van der Waals surface area contributed by atoms with Crippen molar-refractivity contribution in [2.24, 2.45) is 0 Å². The van der Waals surface area contributed by atoms with Gasteiger partial charge in [-0.25, -0.2) is 9.37 Å². The van der Waals surface area contributed by atoms with E-state index in [1.54, 1.807) is 6.07 Å². The van der Waals surface area contributed by atoms with E-state index in [4.69, 9.17) is 0 Å². The Labute approximate surface area is 142 Å². The summed E-state index contributed by atoms with van der Waals surface area (Å²) < 4.78 is 14.5. The Hall–Kier alpha value is -2.58. The molecular formula is C19H20FN3Si. The topological polar surface area (TPSA) is 40.7 Å². The lowest BCUT2D eigenvalue weighted by Gasteiger charge is -2.11. The first kappa shape index (κ1) is 16.3. The molecule has 5 heteroatoms. The molecule has 0 aliphatic rings. The molecule has 3 rings (SSSR count). The van der Waals surface area contributed by atoms with Crippen LogP contribution in [0.1, 0.15) is 11.1 Å². The standard InChI is InChI=1S/C19H20FN3Si/c1-13-11-14(9-10-24(2,3)4)5-6-15(13)23-16-7-8-17-19(18(16)20)22-12-21-17/h5-8,11-12,23H,1-4H3,(H,21,22). The van der Waals surface area contributed by atoms with Gasteiger partial charge >= 0.3 is 0 Å². The number of nitrogens with one attached hydrogen (secondary N) is 2. The van der Waals surface area contributed by atoms with Crippen molar-refractivity contribution < 1.29 is 4.39 Å². The number of aromatic nitrogens is 2. The van der Waals surface area contributed by atoms with Crippen LogP contribution >= 0.6 is 0 Å². The normalized spacial score (nSPS) is 11.2. The summed E-state index contributed by atoms with van der Waals surface area (Å²) in [5.41, 5.74) is 7.68. The molecule has 3 aromatic rings. The number of hydrogen-bond donors (Lipinski definition) is 2. The van der Waals surface area contributed by atoms with E-state index in [-0.39, 0.29) is 5.82 Å². The third kappa shape index (κ3) is 3.49. The van der Waals surface area contributed by atoms with E-state index in [9.17, 15) is 4.39 Å². The minimum absolute atomic E-state index is 0.343. The van der Waals surface area contributed by atoms with Crippen LogP contribution in [0.25, 0.3) is 11.0 Å². The van der Waals surface area contributed by atoms with Gasteiger partial charge in [-0.05, 0) is 42.8 Å². The van der Waals surface area contributed by atoms with E-state index in [2.05, 4.69) is 46.4 Å². The van der Waals surface area contributed by atoms with Gasteiger partial charge in [0.05, 0.1) is 17.5 Å². The van der Waals surface area contributed by atoms with Crippen LogP contribution in [0.4, 0.5) is 15.8 Å². The van der Waals surface area contributed by atoms with Gasteiger partial charge in [-0.2, -0.15) is 0 Å². The lowest BCUT2D eigenvalue weighted by Crippen LogP contribution is -2.16. The van der Waals surface area contributed by atoms with Crippen LogP contribution in [0.3, 0.4) is 0 Å². The Kier molecular flexibility index (Phi) is 4.16. The minimum Gasteiger partial charge on any atom is -0.353 e. The highest BCUT2D eigenvalue weighted by Gasteiger charge is 2.11. The molecule has 0 fully saturated rings. The Morgan fingerprint density at radius 2 is 1.88 bits per heavy atom.